The first kappa shape index (κ1) is 24.6. The van der Waals surface area contributed by atoms with E-state index in [9.17, 15) is 14.4 Å². The van der Waals surface area contributed by atoms with Crippen LogP contribution in [0.4, 0.5) is 0 Å². The molecule has 2 aromatic carbocycles. The highest BCUT2D eigenvalue weighted by atomic mass is 16.2. The molecule has 2 saturated heterocycles. The zero-order valence-electron chi connectivity index (χ0n) is 21.7. The SMILES string of the molecule is O=C(CCC(=O)N1CCCC1)NC1CCC2(CC1)CN(C(=O)c1n[nH]c3cc(-c4ccccc4)ccc13)C2. The number of carbonyl (C=O) groups excluding carboxylic acids is 3. The number of hydrogen-bond acceptors (Lipinski definition) is 4. The minimum absolute atomic E-state index is 0.0209. The van der Waals surface area contributed by atoms with Crippen LogP contribution in [-0.4, -0.2) is 69.9 Å². The molecule has 3 heterocycles. The van der Waals surface area contributed by atoms with E-state index in [-0.39, 0.29) is 35.6 Å². The molecule has 2 aliphatic heterocycles. The Bertz CT molecular complexity index is 1330. The summed E-state index contributed by atoms with van der Waals surface area (Å²) in [7, 11) is 0. The lowest BCUT2D eigenvalue weighted by atomic mass is 9.67. The lowest BCUT2D eigenvalue weighted by Gasteiger charge is -2.53. The van der Waals surface area contributed by atoms with Crippen LogP contribution in [0.2, 0.25) is 0 Å². The van der Waals surface area contributed by atoms with Gasteiger partial charge < -0.3 is 15.1 Å². The van der Waals surface area contributed by atoms with Crippen molar-refractivity contribution in [3.8, 4) is 11.1 Å². The number of nitrogens with zero attached hydrogens (tertiary/aromatic N) is 3. The van der Waals surface area contributed by atoms with Gasteiger partial charge in [-0.15, -0.1) is 0 Å². The quantitative estimate of drug-likeness (QED) is 0.518. The highest BCUT2D eigenvalue weighted by molar-refractivity contribution is 6.05. The van der Waals surface area contributed by atoms with E-state index >= 15 is 0 Å². The van der Waals surface area contributed by atoms with E-state index in [0.29, 0.717) is 12.1 Å². The largest absolute Gasteiger partial charge is 0.353 e. The Kier molecular flexibility index (Phi) is 6.64. The Morgan fingerprint density at radius 3 is 2.39 bits per heavy atom. The molecule has 3 fully saturated rings. The maximum atomic E-state index is 13.3. The molecular weight excluding hydrogens is 478 g/mol. The number of aromatic nitrogens is 2. The zero-order chi connectivity index (χ0) is 26.1. The van der Waals surface area contributed by atoms with Crippen molar-refractivity contribution >= 4 is 28.6 Å². The summed E-state index contributed by atoms with van der Waals surface area (Å²) in [5, 5.41) is 11.4. The third kappa shape index (κ3) is 4.91. The normalized spacial score (nSPS) is 19.1. The van der Waals surface area contributed by atoms with E-state index < -0.39 is 0 Å². The van der Waals surface area contributed by atoms with Crippen molar-refractivity contribution in [1.82, 2.24) is 25.3 Å². The molecule has 3 aromatic rings. The number of aromatic amines is 1. The Balaban J connectivity index is 0.986. The van der Waals surface area contributed by atoms with Crippen molar-refractivity contribution < 1.29 is 14.4 Å². The predicted molar refractivity (Wildman–Crippen MR) is 145 cm³/mol. The van der Waals surface area contributed by atoms with Crippen LogP contribution in [0.25, 0.3) is 22.0 Å². The van der Waals surface area contributed by atoms with Crippen LogP contribution in [0.15, 0.2) is 48.5 Å². The summed E-state index contributed by atoms with van der Waals surface area (Å²) in [6, 6.07) is 16.4. The van der Waals surface area contributed by atoms with Gasteiger partial charge in [-0.25, -0.2) is 0 Å². The number of likely N-dealkylation sites (tertiary alicyclic amines) is 2. The molecule has 38 heavy (non-hydrogen) atoms. The fourth-order valence-electron chi connectivity index (χ4n) is 6.39. The molecule has 3 aliphatic rings. The highest BCUT2D eigenvalue weighted by Gasteiger charge is 2.47. The number of amides is 3. The molecule has 1 spiro atoms. The molecule has 0 unspecified atom stereocenters. The molecule has 0 atom stereocenters. The summed E-state index contributed by atoms with van der Waals surface area (Å²) in [6.45, 7) is 3.15. The number of carbonyl (C=O) groups is 3. The van der Waals surface area contributed by atoms with Crippen molar-refractivity contribution in [2.24, 2.45) is 5.41 Å². The fraction of sp³-hybridized carbons (Fsp3) is 0.467. The Morgan fingerprint density at radius 2 is 1.66 bits per heavy atom. The predicted octanol–water partition coefficient (Wildman–Crippen LogP) is 4.13. The molecule has 1 aliphatic carbocycles. The highest BCUT2D eigenvalue weighted by Crippen LogP contribution is 2.44. The fourth-order valence-corrected chi connectivity index (χ4v) is 6.39. The maximum absolute atomic E-state index is 13.3. The van der Waals surface area contributed by atoms with Crippen molar-refractivity contribution in [2.45, 2.75) is 57.4 Å². The average molecular weight is 514 g/mol. The van der Waals surface area contributed by atoms with Gasteiger partial charge in [0, 0.05) is 55.9 Å². The second-order valence-electron chi connectivity index (χ2n) is 11.3. The standard InChI is InChI=1S/C30H35N5O3/c36-26(10-11-27(37)34-16-4-5-17-34)31-23-12-14-30(15-13-23)19-35(20-30)29(38)28-24-9-8-22(18-25(24)32-33-28)21-6-2-1-3-7-21/h1-3,6-9,18,23H,4-5,10-17,19-20H2,(H,31,36)(H,32,33). The third-order valence-electron chi connectivity index (χ3n) is 8.65. The van der Waals surface area contributed by atoms with Crippen molar-refractivity contribution in [3.63, 3.8) is 0 Å². The molecule has 0 radical (unpaired) electrons. The summed E-state index contributed by atoms with van der Waals surface area (Å²) in [6.07, 6.45) is 6.53. The zero-order valence-corrected chi connectivity index (χ0v) is 21.7. The Morgan fingerprint density at radius 1 is 0.921 bits per heavy atom. The van der Waals surface area contributed by atoms with Crippen molar-refractivity contribution in [3.05, 3.63) is 54.2 Å². The first-order valence-corrected chi connectivity index (χ1v) is 13.9. The van der Waals surface area contributed by atoms with Crippen LogP contribution in [0.1, 0.15) is 61.9 Å². The van der Waals surface area contributed by atoms with Crippen LogP contribution in [0, 0.1) is 5.41 Å². The molecule has 0 bridgehead atoms. The summed E-state index contributed by atoms with van der Waals surface area (Å²) < 4.78 is 0. The van der Waals surface area contributed by atoms with E-state index in [0.717, 1.165) is 86.7 Å². The molecule has 1 saturated carbocycles. The summed E-state index contributed by atoms with van der Waals surface area (Å²) in [4.78, 5) is 41.7. The molecule has 8 nitrogen and oxygen atoms in total. The van der Waals surface area contributed by atoms with Crippen molar-refractivity contribution in [2.75, 3.05) is 26.2 Å². The third-order valence-corrected chi connectivity index (χ3v) is 8.65. The number of fused-ring (bicyclic) bond motifs is 1. The summed E-state index contributed by atoms with van der Waals surface area (Å²) >= 11 is 0. The lowest BCUT2D eigenvalue weighted by Crippen LogP contribution is -2.60. The van der Waals surface area contributed by atoms with Gasteiger partial charge in [-0.05, 0) is 61.8 Å². The Labute approximate surface area is 222 Å². The van der Waals surface area contributed by atoms with E-state index in [1.165, 1.54) is 0 Å². The van der Waals surface area contributed by atoms with E-state index in [4.69, 9.17) is 0 Å². The minimum atomic E-state index is -0.0234. The Hall–Kier alpha value is -3.68. The second-order valence-corrected chi connectivity index (χ2v) is 11.3. The first-order chi connectivity index (χ1) is 18.5. The van der Waals surface area contributed by atoms with Crippen LogP contribution < -0.4 is 5.32 Å². The average Bonchev–Trinajstić information content (AvgIpc) is 3.61. The summed E-state index contributed by atoms with van der Waals surface area (Å²) in [5.41, 5.74) is 3.71. The number of nitrogens with one attached hydrogen (secondary N) is 2. The van der Waals surface area contributed by atoms with E-state index in [1.54, 1.807) is 0 Å². The van der Waals surface area contributed by atoms with Gasteiger partial charge in [0.25, 0.3) is 5.91 Å². The summed E-state index contributed by atoms with van der Waals surface area (Å²) in [5.74, 6) is 0.0537. The molecule has 8 heteroatoms. The van der Waals surface area contributed by atoms with Gasteiger partial charge in [-0.3, -0.25) is 19.5 Å². The maximum Gasteiger partial charge on any atom is 0.275 e. The molecule has 198 valence electrons. The van der Waals surface area contributed by atoms with Gasteiger partial charge in [-0.1, -0.05) is 36.4 Å². The van der Waals surface area contributed by atoms with Crippen LogP contribution >= 0.6 is 0 Å². The van der Waals surface area contributed by atoms with Crippen LogP contribution in [0.3, 0.4) is 0 Å². The van der Waals surface area contributed by atoms with Gasteiger partial charge in [0.15, 0.2) is 5.69 Å². The number of benzene rings is 2. The van der Waals surface area contributed by atoms with Crippen LogP contribution in [0.5, 0.6) is 0 Å². The van der Waals surface area contributed by atoms with Crippen LogP contribution in [-0.2, 0) is 9.59 Å². The van der Waals surface area contributed by atoms with Gasteiger partial charge in [-0.2, -0.15) is 5.10 Å². The smallest absolute Gasteiger partial charge is 0.275 e. The minimum Gasteiger partial charge on any atom is -0.353 e. The molecule has 3 amide bonds. The number of H-pyrrole nitrogens is 1. The van der Waals surface area contributed by atoms with Gasteiger partial charge in [0.2, 0.25) is 11.8 Å². The van der Waals surface area contributed by atoms with Gasteiger partial charge >= 0.3 is 0 Å². The first-order valence-electron chi connectivity index (χ1n) is 13.9. The molecule has 1 aromatic heterocycles. The lowest BCUT2D eigenvalue weighted by molar-refractivity contribution is -0.133. The van der Waals surface area contributed by atoms with E-state index in [1.807, 2.05) is 46.2 Å². The molecule has 6 rings (SSSR count). The van der Waals surface area contributed by atoms with Gasteiger partial charge in [0.05, 0.1) is 5.52 Å². The number of rotatable bonds is 6. The van der Waals surface area contributed by atoms with E-state index in [2.05, 4.69) is 27.6 Å². The second kappa shape index (κ2) is 10.2. The number of hydrogen-bond donors (Lipinski definition) is 2. The monoisotopic (exact) mass is 513 g/mol. The van der Waals surface area contributed by atoms with Crippen molar-refractivity contribution in [1.29, 1.82) is 0 Å². The molecular formula is C30H35N5O3. The van der Waals surface area contributed by atoms with Gasteiger partial charge in [0.1, 0.15) is 0 Å². The molecule has 2 N–H and O–H groups in total. The topological polar surface area (TPSA) is 98.4 Å².